The zero-order chi connectivity index (χ0) is 14.7. The molecule has 3 nitrogen and oxygen atoms in total. The van der Waals surface area contributed by atoms with E-state index in [4.69, 9.17) is 0 Å². The fraction of sp³-hybridized carbons (Fsp3) is 0.538. The van der Waals surface area contributed by atoms with Crippen LogP contribution in [0.2, 0.25) is 0 Å². The molecule has 0 saturated heterocycles. The minimum absolute atomic E-state index is 0.271. The number of alkyl halides is 3. The van der Waals surface area contributed by atoms with Crippen molar-refractivity contribution in [3.63, 3.8) is 0 Å². The van der Waals surface area contributed by atoms with Crippen LogP contribution in [0.15, 0.2) is 18.2 Å². The number of hydrogen-bond donors (Lipinski definition) is 0. The first kappa shape index (κ1) is 13.7. The average molecular weight is 306 g/mol. The van der Waals surface area contributed by atoms with Crippen LogP contribution in [0, 0.1) is 11.8 Å². The summed E-state index contributed by atoms with van der Waals surface area (Å²) in [6.07, 6.45) is 1.75. The number of aryl methyl sites for hydroxylation is 1. The Morgan fingerprint density at radius 1 is 1.30 bits per heavy atom. The van der Waals surface area contributed by atoms with Crippen molar-refractivity contribution >= 4 is 10.1 Å². The normalized spacial score (nSPS) is 28.5. The summed E-state index contributed by atoms with van der Waals surface area (Å²) < 4.78 is 62.9. The third kappa shape index (κ3) is 2.08. The quantitative estimate of drug-likeness (QED) is 0.622. The van der Waals surface area contributed by atoms with Gasteiger partial charge in [0.25, 0.3) is 0 Å². The van der Waals surface area contributed by atoms with Crippen molar-refractivity contribution in [3.8, 4) is 5.75 Å². The van der Waals surface area contributed by atoms with E-state index in [1.165, 1.54) is 12.1 Å². The molecule has 0 amide bonds. The highest BCUT2D eigenvalue weighted by Gasteiger charge is 2.51. The van der Waals surface area contributed by atoms with Crippen LogP contribution >= 0.6 is 0 Å². The van der Waals surface area contributed by atoms with Crippen LogP contribution in [-0.2, 0) is 16.5 Å². The molecule has 3 rings (SSSR count). The van der Waals surface area contributed by atoms with Gasteiger partial charge in [0.15, 0.2) is 0 Å². The maximum Gasteiger partial charge on any atom is 0.534 e. The summed E-state index contributed by atoms with van der Waals surface area (Å²) in [4.78, 5) is 0. The molecular formula is C13H13F3O3S. The Bertz CT molecular complexity index is 651. The van der Waals surface area contributed by atoms with Crippen LogP contribution in [0.25, 0.3) is 0 Å². The van der Waals surface area contributed by atoms with Crippen LogP contribution in [0.1, 0.15) is 30.4 Å². The smallest absolute Gasteiger partial charge is 0.376 e. The predicted molar refractivity (Wildman–Crippen MR) is 65.8 cm³/mol. The van der Waals surface area contributed by atoms with Gasteiger partial charge < -0.3 is 4.18 Å². The van der Waals surface area contributed by atoms with E-state index < -0.39 is 15.6 Å². The monoisotopic (exact) mass is 306 g/mol. The highest BCUT2D eigenvalue weighted by atomic mass is 32.2. The van der Waals surface area contributed by atoms with Crippen LogP contribution in [-0.4, -0.2) is 13.9 Å². The van der Waals surface area contributed by atoms with Gasteiger partial charge in [-0.3, -0.25) is 0 Å². The van der Waals surface area contributed by atoms with Crippen molar-refractivity contribution in [2.24, 2.45) is 11.8 Å². The molecule has 2 aliphatic carbocycles. The summed E-state index contributed by atoms with van der Waals surface area (Å²) in [7, 11) is -5.59. The molecule has 3 atom stereocenters. The molecule has 1 saturated carbocycles. The number of rotatable bonds is 2. The van der Waals surface area contributed by atoms with Crippen molar-refractivity contribution < 1.29 is 25.8 Å². The van der Waals surface area contributed by atoms with E-state index in [1.54, 1.807) is 6.07 Å². The number of hydrogen-bond acceptors (Lipinski definition) is 3. The Hall–Kier alpha value is -1.24. The molecule has 0 aromatic heterocycles. The minimum atomic E-state index is -5.59. The molecule has 20 heavy (non-hydrogen) atoms. The lowest BCUT2D eigenvalue weighted by atomic mass is 9.92. The molecular weight excluding hydrogens is 293 g/mol. The molecule has 1 fully saturated rings. The molecule has 110 valence electrons. The molecule has 0 radical (unpaired) electrons. The molecule has 3 unspecified atom stereocenters. The second kappa shape index (κ2) is 4.13. The van der Waals surface area contributed by atoms with Gasteiger partial charge in [0, 0.05) is 0 Å². The van der Waals surface area contributed by atoms with Gasteiger partial charge in [-0.1, -0.05) is 13.0 Å². The third-order valence-electron chi connectivity index (χ3n) is 4.27. The Morgan fingerprint density at radius 2 is 2.00 bits per heavy atom. The second-order valence-electron chi connectivity index (χ2n) is 5.43. The summed E-state index contributed by atoms with van der Waals surface area (Å²) in [5, 5.41) is 0. The first-order valence-corrected chi connectivity index (χ1v) is 7.75. The van der Waals surface area contributed by atoms with E-state index in [-0.39, 0.29) is 5.75 Å². The van der Waals surface area contributed by atoms with Gasteiger partial charge >= 0.3 is 15.6 Å². The van der Waals surface area contributed by atoms with Crippen LogP contribution in [0.5, 0.6) is 5.75 Å². The van der Waals surface area contributed by atoms with Crippen LogP contribution in [0.4, 0.5) is 13.2 Å². The van der Waals surface area contributed by atoms with Gasteiger partial charge in [0.1, 0.15) is 5.75 Å². The number of halogens is 3. The molecule has 0 aliphatic heterocycles. The van der Waals surface area contributed by atoms with Gasteiger partial charge in [-0.15, -0.1) is 0 Å². The average Bonchev–Trinajstić information content (AvgIpc) is 2.98. The second-order valence-corrected chi connectivity index (χ2v) is 6.97. The van der Waals surface area contributed by atoms with E-state index in [0.29, 0.717) is 17.8 Å². The topological polar surface area (TPSA) is 43.4 Å². The molecule has 0 heterocycles. The van der Waals surface area contributed by atoms with E-state index in [9.17, 15) is 21.6 Å². The lowest BCUT2D eigenvalue weighted by Crippen LogP contribution is -2.28. The summed E-state index contributed by atoms with van der Waals surface area (Å²) >= 11 is 0. The fourth-order valence-corrected chi connectivity index (χ4v) is 3.63. The van der Waals surface area contributed by atoms with E-state index in [0.717, 1.165) is 24.0 Å². The summed E-state index contributed by atoms with van der Waals surface area (Å²) in [5.74, 6) is 1.45. The molecule has 0 N–H and O–H groups in total. The molecule has 7 heteroatoms. The molecule has 1 aromatic carbocycles. The Labute approximate surface area is 114 Å². The van der Waals surface area contributed by atoms with Gasteiger partial charge in [0.05, 0.1) is 0 Å². The Morgan fingerprint density at radius 3 is 2.65 bits per heavy atom. The number of fused-ring (bicyclic) bond motifs is 3. The highest BCUT2D eigenvalue weighted by Crippen LogP contribution is 2.59. The van der Waals surface area contributed by atoms with Crippen molar-refractivity contribution in [1.82, 2.24) is 0 Å². The predicted octanol–water partition coefficient (Wildman–Crippen LogP) is 3.21. The van der Waals surface area contributed by atoms with E-state index >= 15 is 0 Å². The minimum Gasteiger partial charge on any atom is -0.376 e. The third-order valence-corrected chi connectivity index (χ3v) is 5.25. The first-order valence-electron chi connectivity index (χ1n) is 6.34. The van der Waals surface area contributed by atoms with Crippen LogP contribution in [0.3, 0.4) is 0 Å². The maximum absolute atomic E-state index is 12.3. The molecule has 1 aromatic rings. The van der Waals surface area contributed by atoms with Gasteiger partial charge in [-0.2, -0.15) is 21.6 Å². The molecule has 0 bridgehead atoms. The fourth-order valence-electron chi connectivity index (χ4n) is 3.17. The SMILES string of the molecule is CC1C2CCc3cc(OS(=O)(=O)C(F)(F)F)ccc3C12. The summed E-state index contributed by atoms with van der Waals surface area (Å²) in [6.45, 7) is 2.16. The Kier molecular flexibility index (Phi) is 2.83. The maximum atomic E-state index is 12.3. The van der Waals surface area contributed by atoms with E-state index in [1.807, 2.05) is 0 Å². The summed E-state index contributed by atoms with van der Waals surface area (Å²) in [5.41, 5.74) is -3.39. The van der Waals surface area contributed by atoms with E-state index in [2.05, 4.69) is 11.1 Å². The van der Waals surface area contributed by atoms with Gasteiger partial charge in [-0.25, -0.2) is 0 Å². The zero-order valence-corrected chi connectivity index (χ0v) is 11.5. The van der Waals surface area contributed by atoms with Gasteiger partial charge in [-0.05, 0) is 53.9 Å². The van der Waals surface area contributed by atoms with Crippen molar-refractivity contribution in [2.75, 3.05) is 0 Å². The van der Waals surface area contributed by atoms with Crippen molar-refractivity contribution in [3.05, 3.63) is 29.3 Å². The molecule has 0 spiro atoms. The van der Waals surface area contributed by atoms with Crippen molar-refractivity contribution in [1.29, 1.82) is 0 Å². The highest BCUT2D eigenvalue weighted by molar-refractivity contribution is 7.87. The lowest BCUT2D eigenvalue weighted by Gasteiger charge is -2.16. The van der Waals surface area contributed by atoms with Crippen molar-refractivity contribution in [2.45, 2.75) is 31.2 Å². The molecule has 2 aliphatic rings. The first-order chi connectivity index (χ1) is 9.21. The zero-order valence-electron chi connectivity index (χ0n) is 10.6. The van der Waals surface area contributed by atoms with Crippen LogP contribution < -0.4 is 4.18 Å². The lowest BCUT2D eigenvalue weighted by molar-refractivity contribution is -0.0500. The Balaban J connectivity index is 1.87. The van der Waals surface area contributed by atoms with Gasteiger partial charge in [0.2, 0.25) is 0 Å². The standard InChI is InChI=1S/C13H13F3O3S/c1-7-10-4-2-8-6-9(3-5-11(8)12(7)10)19-20(17,18)13(14,15)16/h3,5-7,10,12H,2,4H2,1H3. The summed E-state index contributed by atoms with van der Waals surface area (Å²) in [6, 6.07) is 4.41. The number of benzene rings is 1. The largest absolute Gasteiger partial charge is 0.534 e.